The summed E-state index contributed by atoms with van der Waals surface area (Å²) in [6.45, 7) is 11.2. The average molecular weight is 258 g/mol. The molecule has 1 aliphatic rings. The Kier molecular flexibility index (Phi) is 5.19. The lowest BCUT2D eigenvalue weighted by Gasteiger charge is -2.29. The summed E-state index contributed by atoms with van der Waals surface area (Å²) in [6.07, 6.45) is 1.97. The minimum absolute atomic E-state index is 0.0338. The van der Waals surface area contributed by atoms with Crippen molar-refractivity contribution in [2.45, 2.75) is 58.9 Å². The first kappa shape index (κ1) is 14.7. The van der Waals surface area contributed by atoms with Crippen LogP contribution in [0.5, 0.6) is 0 Å². The van der Waals surface area contributed by atoms with E-state index in [-0.39, 0.29) is 18.0 Å². The first-order valence-electron chi connectivity index (χ1n) is 6.70. The molecular formula is C13H26O3Si. The van der Waals surface area contributed by atoms with Crippen molar-refractivity contribution >= 4 is 14.3 Å². The highest BCUT2D eigenvalue weighted by Crippen LogP contribution is 2.32. The maximum absolute atomic E-state index is 11.9. The monoisotopic (exact) mass is 258 g/mol. The molecule has 1 saturated heterocycles. The number of carbonyl (C=O) groups excluding carboxylic acids is 1. The van der Waals surface area contributed by atoms with Gasteiger partial charge in [0, 0.05) is 6.10 Å². The maximum Gasteiger partial charge on any atom is 0.309 e. The van der Waals surface area contributed by atoms with Crippen LogP contribution in [0.15, 0.2) is 0 Å². The van der Waals surface area contributed by atoms with Crippen LogP contribution in [0.4, 0.5) is 0 Å². The van der Waals surface area contributed by atoms with Crippen molar-refractivity contribution in [3.8, 4) is 0 Å². The predicted molar refractivity (Wildman–Crippen MR) is 71.4 cm³/mol. The van der Waals surface area contributed by atoms with Gasteiger partial charge in [0.2, 0.25) is 0 Å². The van der Waals surface area contributed by atoms with Crippen LogP contribution in [0.1, 0.15) is 33.6 Å². The lowest BCUT2D eigenvalue weighted by Crippen LogP contribution is -2.35. The van der Waals surface area contributed by atoms with Crippen LogP contribution in [0, 0.1) is 11.8 Å². The van der Waals surface area contributed by atoms with Gasteiger partial charge in [-0.25, -0.2) is 0 Å². The summed E-state index contributed by atoms with van der Waals surface area (Å²) in [5.74, 6) is 0.474. The average Bonchev–Trinajstić information content (AvgIpc) is 2.37. The minimum atomic E-state index is -1.59. The van der Waals surface area contributed by atoms with Crippen molar-refractivity contribution in [2.75, 3.05) is 6.61 Å². The highest BCUT2D eigenvalue weighted by atomic mass is 28.4. The van der Waals surface area contributed by atoms with E-state index in [0.717, 1.165) is 18.9 Å². The summed E-state index contributed by atoms with van der Waals surface area (Å²) < 4.78 is 11.4. The molecule has 0 aromatic rings. The molecule has 0 radical (unpaired) electrons. The third-order valence-corrected chi connectivity index (χ3v) is 5.88. The van der Waals surface area contributed by atoms with Crippen molar-refractivity contribution < 1.29 is 14.0 Å². The fraction of sp³-hybridized carbons (Fsp3) is 0.923. The smallest absolute Gasteiger partial charge is 0.309 e. The first-order chi connectivity index (χ1) is 7.85. The lowest BCUT2D eigenvalue weighted by molar-refractivity contribution is -0.149. The Morgan fingerprint density at radius 3 is 2.65 bits per heavy atom. The number of ether oxygens (including phenoxy) is 1. The molecule has 3 nitrogen and oxygen atoms in total. The highest BCUT2D eigenvalue weighted by molar-refractivity contribution is 6.71. The Morgan fingerprint density at radius 1 is 1.47 bits per heavy atom. The molecule has 17 heavy (non-hydrogen) atoms. The largest absolute Gasteiger partial charge is 0.466 e. The Labute approximate surface area is 106 Å². The zero-order valence-electron chi connectivity index (χ0n) is 11.8. The van der Waals surface area contributed by atoms with Gasteiger partial charge in [0.1, 0.15) is 0 Å². The molecule has 1 heterocycles. The fourth-order valence-corrected chi connectivity index (χ4v) is 4.67. The van der Waals surface area contributed by atoms with E-state index < -0.39 is 8.32 Å². The second-order valence-electron chi connectivity index (χ2n) is 5.88. The summed E-state index contributed by atoms with van der Waals surface area (Å²) >= 11 is 0. The Balaban J connectivity index is 2.72. The number of esters is 1. The Morgan fingerprint density at radius 2 is 2.12 bits per heavy atom. The molecule has 0 N–H and O–H groups in total. The molecule has 1 aliphatic heterocycles. The van der Waals surface area contributed by atoms with Crippen LogP contribution in [0.25, 0.3) is 0 Å². The second kappa shape index (κ2) is 6.00. The summed E-state index contributed by atoms with van der Waals surface area (Å²) in [5.41, 5.74) is 0. The van der Waals surface area contributed by atoms with E-state index in [0.29, 0.717) is 12.5 Å². The zero-order chi connectivity index (χ0) is 13.1. The van der Waals surface area contributed by atoms with Crippen LogP contribution in [-0.4, -0.2) is 27.0 Å². The van der Waals surface area contributed by atoms with Crippen molar-refractivity contribution in [1.82, 2.24) is 0 Å². The predicted octanol–water partition coefficient (Wildman–Crippen LogP) is 3.21. The minimum Gasteiger partial charge on any atom is -0.466 e. The van der Waals surface area contributed by atoms with E-state index in [4.69, 9.17) is 9.16 Å². The molecule has 0 aromatic heterocycles. The quantitative estimate of drug-likeness (QED) is 0.576. The molecule has 0 saturated carbocycles. The molecule has 0 unspecified atom stereocenters. The lowest BCUT2D eigenvalue weighted by atomic mass is 9.93. The molecule has 0 bridgehead atoms. The van der Waals surface area contributed by atoms with Crippen LogP contribution in [-0.2, 0) is 14.0 Å². The number of rotatable bonds is 3. The second-order valence-corrected chi connectivity index (χ2v) is 10.1. The SMILES string of the molecule is CCOC(=O)[C@H]1CC[Si](C)(C)O[C@H](C(C)C)C1. The van der Waals surface area contributed by atoms with Gasteiger partial charge in [-0.2, -0.15) is 0 Å². The first-order valence-corrected chi connectivity index (χ1v) is 9.81. The van der Waals surface area contributed by atoms with Crippen LogP contribution < -0.4 is 0 Å². The van der Waals surface area contributed by atoms with Gasteiger partial charge in [0.05, 0.1) is 12.5 Å². The number of carbonyl (C=O) groups is 1. The third kappa shape index (κ3) is 4.43. The van der Waals surface area contributed by atoms with E-state index in [2.05, 4.69) is 26.9 Å². The van der Waals surface area contributed by atoms with E-state index in [1.807, 2.05) is 6.92 Å². The van der Waals surface area contributed by atoms with Crippen molar-refractivity contribution in [3.63, 3.8) is 0 Å². The molecular weight excluding hydrogens is 232 g/mol. The summed E-state index contributed by atoms with van der Waals surface area (Å²) in [7, 11) is -1.59. The molecule has 0 spiro atoms. The van der Waals surface area contributed by atoms with Gasteiger partial charge < -0.3 is 9.16 Å². The third-order valence-electron chi connectivity index (χ3n) is 3.45. The maximum atomic E-state index is 11.9. The molecule has 0 aromatic carbocycles. The van der Waals surface area contributed by atoms with Crippen molar-refractivity contribution in [1.29, 1.82) is 0 Å². The van der Waals surface area contributed by atoms with Crippen molar-refractivity contribution in [2.24, 2.45) is 11.8 Å². The van der Waals surface area contributed by atoms with Gasteiger partial charge in [-0.05, 0) is 44.8 Å². The summed E-state index contributed by atoms with van der Waals surface area (Å²) in [5, 5.41) is 0. The topological polar surface area (TPSA) is 35.5 Å². The molecule has 2 atom stereocenters. The number of hydrogen-bond donors (Lipinski definition) is 0. The molecule has 1 fully saturated rings. The van der Waals surface area contributed by atoms with E-state index in [1.54, 1.807) is 0 Å². The molecule has 4 heteroatoms. The summed E-state index contributed by atoms with van der Waals surface area (Å²) in [6, 6.07) is 1.06. The van der Waals surface area contributed by atoms with E-state index in [9.17, 15) is 4.79 Å². The van der Waals surface area contributed by atoms with Crippen LogP contribution in [0.3, 0.4) is 0 Å². The Bertz CT molecular complexity index is 263. The van der Waals surface area contributed by atoms with E-state index in [1.165, 1.54) is 0 Å². The van der Waals surface area contributed by atoms with E-state index >= 15 is 0 Å². The van der Waals surface area contributed by atoms with Gasteiger partial charge in [-0.15, -0.1) is 0 Å². The summed E-state index contributed by atoms with van der Waals surface area (Å²) in [4.78, 5) is 11.9. The standard InChI is InChI=1S/C13H26O3Si/c1-6-15-13(14)11-7-8-17(4,5)16-12(9-11)10(2)3/h10-12H,6-9H2,1-5H3/t11-,12-/m0/s1. The molecule has 0 amide bonds. The molecule has 100 valence electrons. The molecule has 0 aliphatic carbocycles. The van der Waals surface area contributed by atoms with Gasteiger partial charge in [-0.1, -0.05) is 13.8 Å². The Hall–Kier alpha value is -0.353. The van der Waals surface area contributed by atoms with Gasteiger partial charge in [0.25, 0.3) is 0 Å². The zero-order valence-corrected chi connectivity index (χ0v) is 12.8. The fourth-order valence-electron chi connectivity index (χ4n) is 2.32. The van der Waals surface area contributed by atoms with Crippen LogP contribution in [0.2, 0.25) is 19.1 Å². The molecule has 1 rings (SSSR count). The highest BCUT2D eigenvalue weighted by Gasteiger charge is 2.37. The number of hydrogen-bond acceptors (Lipinski definition) is 3. The van der Waals surface area contributed by atoms with Crippen LogP contribution >= 0.6 is 0 Å². The van der Waals surface area contributed by atoms with Gasteiger partial charge in [-0.3, -0.25) is 4.79 Å². The van der Waals surface area contributed by atoms with Crippen molar-refractivity contribution in [3.05, 3.63) is 0 Å². The normalized spacial score (nSPS) is 28.8. The van der Waals surface area contributed by atoms with Gasteiger partial charge in [0.15, 0.2) is 8.32 Å². The van der Waals surface area contributed by atoms with Gasteiger partial charge >= 0.3 is 5.97 Å².